The predicted molar refractivity (Wildman–Crippen MR) is 264 cm³/mol. The van der Waals surface area contributed by atoms with Crippen molar-refractivity contribution in [1.29, 1.82) is 0 Å². The standard InChI is InChI=1S/C55H103NO5/c1-4-7-10-13-16-19-22-24-26-28-29-32-35-38-41-44-47-53(58)52(50-57)56-54(59)49-51(46-43-40-37-34-31-21-18-15-12-9-6-3)61-55(60)48-45-42-39-36-33-30-27-25-23-20-17-14-11-8-5-2/h8,11,14,17,20,23,51-53,57-58H,4-7,9-10,12-13,15-16,18-19,21-22,24-50H2,1-3H3,(H,56,59)/b11-8+,17-14+,23-20+. The van der Waals surface area contributed by atoms with Crippen LogP contribution < -0.4 is 5.32 Å². The van der Waals surface area contributed by atoms with Crippen LogP contribution in [0.1, 0.15) is 278 Å². The number of carbonyl (C=O) groups is 2. The van der Waals surface area contributed by atoms with E-state index >= 15 is 0 Å². The van der Waals surface area contributed by atoms with E-state index < -0.39 is 18.2 Å². The van der Waals surface area contributed by atoms with Crippen molar-refractivity contribution in [1.82, 2.24) is 5.32 Å². The van der Waals surface area contributed by atoms with E-state index in [4.69, 9.17) is 4.74 Å². The molecule has 1 amide bonds. The molecule has 3 atom stereocenters. The normalized spacial score (nSPS) is 13.5. The highest BCUT2D eigenvalue weighted by molar-refractivity contribution is 5.77. The maximum absolute atomic E-state index is 13.2. The number of esters is 1. The van der Waals surface area contributed by atoms with E-state index in [-0.39, 0.29) is 24.9 Å². The van der Waals surface area contributed by atoms with Crippen molar-refractivity contribution in [3.8, 4) is 0 Å². The Morgan fingerprint density at radius 1 is 0.492 bits per heavy atom. The van der Waals surface area contributed by atoms with Gasteiger partial charge in [-0.3, -0.25) is 9.59 Å². The maximum Gasteiger partial charge on any atom is 0.306 e. The Bertz CT molecular complexity index is 1010. The Balaban J connectivity index is 4.48. The van der Waals surface area contributed by atoms with Crippen LogP contribution in [0.2, 0.25) is 0 Å². The fourth-order valence-corrected chi connectivity index (χ4v) is 8.26. The molecule has 0 aromatic heterocycles. The van der Waals surface area contributed by atoms with Crippen LogP contribution in [-0.4, -0.2) is 46.9 Å². The number of amides is 1. The van der Waals surface area contributed by atoms with Gasteiger partial charge in [0.05, 0.1) is 25.2 Å². The summed E-state index contributed by atoms with van der Waals surface area (Å²) in [6.07, 6.45) is 57.7. The molecule has 0 spiro atoms. The summed E-state index contributed by atoms with van der Waals surface area (Å²) < 4.78 is 5.93. The van der Waals surface area contributed by atoms with Crippen molar-refractivity contribution in [2.75, 3.05) is 6.61 Å². The Morgan fingerprint density at radius 2 is 0.885 bits per heavy atom. The third-order valence-corrected chi connectivity index (χ3v) is 12.3. The van der Waals surface area contributed by atoms with Gasteiger partial charge < -0.3 is 20.3 Å². The van der Waals surface area contributed by atoms with E-state index in [1.54, 1.807) is 0 Å². The highest BCUT2D eigenvalue weighted by Gasteiger charge is 2.24. The zero-order valence-electron chi connectivity index (χ0n) is 40.8. The summed E-state index contributed by atoms with van der Waals surface area (Å²) in [4.78, 5) is 26.1. The first-order chi connectivity index (χ1) is 30.0. The third-order valence-electron chi connectivity index (χ3n) is 12.3. The minimum absolute atomic E-state index is 0.0765. The molecule has 0 aliphatic carbocycles. The van der Waals surface area contributed by atoms with Crippen LogP contribution in [0.15, 0.2) is 36.5 Å². The van der Waals surface area contributed by atoms with Crippen LogP contribution >= 0.6 is 0 Å². The molecule has 0 heterocycles. The molecule has 3 unspecified atom stereocenters. The summed E-state index contributed by atoms with van der Waals surface area (Å²) in [5, 5.41) is 23.8. The summed E-state index contributed by atoms with van der Waals surface area (Å²) in [6, 6.07) is -0.700. The first-order valence-corrected chi connectivity index (χ1v) is 26.7. The number of allylic oxidation sites excluding steroid dienone is 6. The molecule has 0 aliphatic heterocycles. The van der Waals surface area contributed by atoms with Gasteiger partial charge in [-0.1, -0.05) is 256 Å². The summed E-state index contributed by atoms with van der Waals surface area (Å²) in [7, 11) is 0. The molecule has 0 aromatic carbocycles. The Labute approximate surface area is 379 Å². The average molecular weight is 858 g/mol. The number of aliphatic hydroxyl groups excluding tert-OH is 2. The second kappa shape index (κ2) is 49.1. The van der Waals surface area contributed by atoms with Gasteiger partial charge in [0, 0.05) is 6.42 Å². The fraction of sp³-hybridized carbons (Fsp3) is 0.855. The molecule has 0 fully saturated rings. The number of carbonyl (C=O) groups excluding carboxylic acids is 2. The van der Waals surface area contributed by atoms with Crippen molar-refractivity contribution >= 4 is 11.9 Å². The van der Waals surface area contributed by atoms with Gasteiger partial charge in [0.25, 0.3) is 0 Å². The van der Waals surface area contributed by atoms with Crippen LogP contribution in [0.4, 0.5) is 0 Å². The number of aliphatic hydroxyl groups is 2. The number of hydrogen-bond donors (Lipinski definition) is 3. The van der Waals surface area contributed by atoms with Crippen molar-refractivity contribution in [2.24, 2.45) is 0 Å². The molecule has 0 rings (SSSR count). The Morgan fingerprint density at radius 3 is 1.33 bits per heavy atom. The molecular formula is C55H103NO5. The van der Waals surface area contributed by atoms with E-state index in [2.05, 4.69) is 62.5 Å². The highest BCUT2D eigenvalue weighted by Crippen LogP contribution is 2.18. The smallest absolute Gasteiger partial charge is 0.306 e. The minimum atomic E-state index is -0.787. The number of ether oxygens (including phenoxy) is 1. The average Bonchev–Trinajstić information content (AvgIpc) is 3.25. The van der Waals surface area contributed by atoms with Gasteiger partial charge in [-0.15, -0.1) is 0 Å². The predicted octanol–water partition coefficient (Wildman–Crippen LogP) is 16.1. The van der Waals surface area contributed by atoms with E-state index in [1.165, 1.54) is 173 Å². The second-order valence-corrected chi connectivity index (χ2v) is 18.3. The quantitative estimate of drug-likeness (QED) is 0.0322. The fourth-order valence-electron chi connectivity index (χ4n) is 8.26. The summed E-state index contributed by atoms with van der Waals surface area (Å²) >= 11 is 0. The van der Waals surface area contributed by atoms with Crippen LogP contribution in [0, 0.1) is 0 Å². The molecule has 3 N–H and O–H groups in total. The van der Waals surface area contributed by atoms with Crippen molar-refractivity contribution in [3.63, 3.8) is 0 Å². The summed E-state index contributed by atoms with van der Waals surface area (Å²) in [5.41, 5.74) is 0. The number of rotatable bonds is 48. The monoisotopic (exact) mass is 858 g/mol. The first-order valence-electron chi connectivity index (χ1n) is 26.7. The molecule has 0 saturated carbocycles. The lowest BCUT2D eigenvalue weighted by Crippen LogP contribution is -2.46. The Kier molecular flexibility index (Phi) is 47.6. The van der Waals surface area contributed by atoms with Gasteiger partial charge in [0.1, 0.15) is 6.10 Å². The van der Waals surface area contributed by atoms with Crippen LogP contribution in [0.3, 0.4) is 0 Å². The van der Waals surface area contributed by atoms with E-state index in [0.717, 1.165) is 57.8 Å². The molecule has 0 aliphatic rings. The molecule has 0 aromatic rings. The lowest BCUT2D eigenvalue weighted by molar-refractivity contribution is -0.151. The molecule has 6 nitrogen and oxygen atoms in total. The topological polar surface area (TPSA) is 95.9 Å². The molecule has 0 bridgehead atoms. The van der Waals surface area contributed by atoms with Crippen LogP contribution in [0.5, 0.6) is 0 Å². The van der Waals surface area contributed by atoms with Gasteiger partial charge >= 0.3 is 5.97 Å². The molecule has 6 heteroatoms. The van der Waals surface area contributed by atoms with Crippen LogP contribution in [0.25, 0.3) is 0 Å². The van der Waals surface area contributed by atoms with Gasteiger partial charge in [-0.05, 0) is 44.9 Å². The van der Waals surface area contributed by atoms with Crippen LogP contribution in [-0.2, 0) is 14.3 Å². The second-order valence-electron chi connectivity index (χ2n) is 18.3. The lowest BCUT2D eigenvalue weighted by atomic mass is 10.0. The summed E-state index contributed by atoms with van der Waals surface area (Å²) in [6.45, 7) is 6.37. The van der Waals surface area contributed by atoms with Gasteiger partial charge in [-0.25, -0.2) is 0 Å². The van der Waals surface area contributed by atoms with Gasteiger partial charge in [0.2, 0.25) is 5.91 Å². The molecule has 358 valence electrons. The van der Waals surface area contributed by atoms with E-state index in [9.17, 15) is 19.8 Å². The number of unbranched alkanes of at least 4 members (excludes halogenated alkanes) is 32. The number of hydrogen-bond acceptors (Lipinski definition) is 5. The van der Waals surface area contributed by atoms with Gasteiger partial charge in [0.15, 0.2) is 0 Å². The molecular weight excluding hydrogens is 755 g/mol. The van der Waals surface area contributed by atoms with E-state index in [0.29, 0.717) is 19.3 Å². The molecule has 0 radical (unpaired) electrons. The largest absolute Gasteiger partial charge is 0.462 e. The van der Waals surface area contributed by atoms with Gasteiger partial charge in [-0.2, -0.15) is 0 Å². The zero-order chi connectivity index (χ0) is 44.5. The Hall–Kier alpha value is -1.92. The number of nitrogens with one attached hydrogen (secondary N) is 1. The molecule has 61 heavy (non-hydrogen) atoms. The minimum Gasteiger partial charge on any atom is -0.462 e. The zero-order valence-corrected chi connectivity index (χ0v) is 40.8. The summed E-state index contributed by atoms with van der Waals surface area (Å²) in [5.74, 6) is -0.476. The van der Waals surface area contributed by atoms with Crippen molar-refractivity contribution in [2.45, 2.75) is 296 Å². The first kappa shape index (κ1) is 59.1. The van der Waals surface area contributed by atoms with E-state index in [1.807, 2.05) is 0 Å². The highest BCUT2D eigenvalue weighted by atomic mass is 16.5. The molecule has 0 saturated heterocycles. The SMILES string of the molecule is CC/C=C/C=C/C=C/CCCCCCCCCC(=O)OC(CCCCCCCCCCCCC)CC(=O)NC(CO)C(O)CCCCCCCCCCCCCCCCCC. The third kappa shape index (κ3) is 44.5. The maximum atomic E-state index is 13.2. The van der Waals surface area contributed by atoms with Crippen molar-refractivity contribution < 1.29 is 24.5 Å². The lowest BCUT2D eigenvalue weighted by Gasteiger charge is -2.24. The van der Waals surface area contributed by atoms with Crippen molar-refractivity contribution in [3.05, 3.63) is 36.5 Å².